The van der Waals surface area contributed by atoms with Crippen LogP contribution in [0.5, 0.6) is 5.75 Å². The predicted octanol–water partition coefficient (Wildman–Crippen LogP) is 2.79. The number of aryl methyl sites for hydroxylation is 1. The molecule has 2 aromatic carbocycles. The summed E-state index contributed by atoms with van der Waals surface area (Å²) in [5.74, 6) is 6.62. The number of benzene rings is 2. The molecule has 0 unspecified atom stereocenters. The molecule has 0 spiro atoms. The Morgan fingerprint density at radius 3 is 2.62 bits per heavy atom. The number of carbonyl (C=O) groups is 1. The van der Waals surface area contributed by atoms with Crippen molar-refractivity contribution < 1.29 is 9.53 Å². The first kappa shape index (κ1) is 14.7. The quantitative estimate of drug-likeness (QED) is 0.877. The fourth-order valence-electron chi connectivity index (χ4n) is 1.83. The summed E-state index contributed by atoms with van der Waals surface area (Å²) >= 11 is 0. The van der Waals surface area contributed by atoms with E-state index in [-0.39, 0.29) is 5.91 Å². The van der Waals surface area contributed by atoms with Crippen molar-refractivity contribution in [2.75, 3.05) is 13.7 Å². The fourth-order valence-corrected chi connectivity index (χ4v) is 1.83. The van der Waals surface area contributed by atoms with Gasteiger partial charge in [0.05, 0.1) is 13.7 Å². The zero-order valence-corrected chi connectivity index (χ0v) is 12.1. The highest BCUT2D eigenvalue weighted by molar-refractivity contribution is 5.94. The van der Waals surface area contributed by atoms with Gasteiger partial charge in [0.2, 0.25) is 0 Å². The molecule has 0 aliphatic rings. The average Bonchev–Trinajstić information content (AvgIpc) is 2.52. The van der Waals surface area contributed by atoms with Crippen LogP contribution < -0.4 is 10.1 Å². The summed E-state index contributed by atoms with van der Waals surface area (Å²) in [5.41, 5.74) is 2.61. The number of rotatable bonds is 3. The largest absolute Gasteiger partial charge is 0.497 e. The maximum Gasteiger partial charge on any atom is 0.252 e. The zero-order valence-electron chi connectivity index (χ0n) is 12.1. The van der Waals surface area contributed by atoms with Gasteiger partial charge in [-0.2, -0.15) is 0 Å². The molecule has 1 amide bonds. The minimum atomic E-state index is -0.109. The van der Waals surface area contributed by atoms with Gasteiger partial charge in [0.25, 0.3) is 5.91 Å². The minimum Gasteiger partial charge on any atom is -0.497 e. The first-order valence-electron chi connectivity index (χ1n) is 6.67. The van der Waals surface area contributed by atoms with Crippen molar-refractivity contribution >= 4 is 5.91 Å². The molecule has 3 heteroatoms. The van der Waals surface area contributed by atoms with Gasteiger partial charge in [0.15, 0.2) is 0 Å². The topological polar surface area (TPSA) is 38.3 Å². The summed E-state index contributed by atoms with van der Waals surface area (Å²) in [6.45, 7) is 2.28. The lowest BCUT2D eigenvalue weighted by Gasteiger charge is -2.02. The number of amides is 1. The molecule has 0 aliphatic carbocycles. The normalized spacial score (nSPS) is 9.43. The second kappa shape index (κ2) is 7.16. The summed E-state index contributed by atoms with van der Waals surface area (Å²) in [5, 5.41) is 2.78. The minimum absolute atomic E-state index is 0.109. The molecule has 1 N–H and O–H groups in total. The van der Waals surface area contributed by atoms with Gasteiger partial charge in [-0.15, -0.1) is 0 Å². The lowest BCUT2D eigenvalue weighted by Crippen LogP contribution is -2.23. The van der Waals surface area contributed by atoms with Crippen molar-refractivity contribution in [3.63, 3.8) is 0 Å². The number of nitrogens with one attached hydrogen (secondary N) is 1. The Kier molecular flexibility index (Phi) is 5.00. The lowest BCUT2D eigenvalue weighted by atomic mass is 10.1. The number of carbonyl (C=O) groups excluding carboxylic acids is 1. The summed E-state index contributed by atoms with van der Waals surface area (Å²) in [7, 11) is 1.63. The molecule has 0 saturated heterocycles. The van der Waals surface area contributed by atoms with Crippen molar-refractivity contribution in [1.29, 1.82) is 0 Å². The molecule has 0 bridgehead atoms. The second-order valence-corrected chi connectivity index (χ2v) is 4.58. The fraction of sp³-hybridized carbons (Fsp3) is 0.167. The zero-order chi connectivity index (χ0) is 15.1. The number of methoxy groups -OCH3 is 1. The number of hydrogen-bond donors (Lipinski definition) is 1. The molecule has 0 radical (unpaired) electrons. The molecule has 2 aromatic rings. The van der Waals surface area contributed by atoms with E-state index in [1.165, 1.54) is 0 Å². The van der Waals surface area contributed by atoms with E-state index in [0.717, 1.165) is 16.9 Å². The Labute approximate surface area is 125 Å². The van der Waals surface area contributed by atoms with Crippen molar-refractivity contribution in [3.05, 3.63) is 65.2 Å². The molecule has 0 saturated carbocycles. The standard InChI is InChI=1S/C18H17NO2/c1-14-5-3-7-16(13-14)18(20)19-12-4-6-15-8-10-17(21-2)11-9-15/h3,5,7-11,13H,12H2,1-2H3,(H,19,20). The summed E-state index contributed by atoms with van der Waals surface area (Å²) < 4.78 is 5.08. The lowest BCUT2D eigenvalue weighted by molar-refractivity contribution is 0.0958. The SMILES string of the molecule is COc1ccc(C#CCNC(=O)c2cccc(C)c2)cc1. The summed E-state index contributed by atoms with van der Waals surface area (Å²) in [4.78, 5) is 11.9. The Balaban J connectivity index is 1.89. The van der Waals surface area contributed by atoms with Crippen molar-refractivity contribution in [3.8, 4) is 17.6 Å². The van der Waals surface area contributed by atoms with E-state index in [0.29, 0.717) is 12.1 Å². The molecular formula is C18H17NO2. The third kappa shape index (κ3) is 4.39. The van der Waals surface area contributed by atoms with E-state index >= 15 is 0 Å². The molecule has 21 heavy (non-hydrogen) atoms. The first-order valence-corrected chi connectivity index (χ1v) is 6.67. The Morgan fingerprint density at radius 1 is 1.19 bits per heavy atom. The molecule has 0 fully saturated rings. The third-order valence-electron chi connectivity index (χ3n) is 2.94. The van der Waals surface area contributed by atoms with Gasteiger partial charge in [-0.3, -0.25) is 4.79 Å². The predicted molar refractivity (Wildman–Crippen MR) is 83.4 cm³/mol. The molecule has 0 aliphatic heterocycles. The van der Waals surface area contributed by atoms with E-state index in [1.54, 1.807) is 13.2 Å². The van der Waals surface area contributed by atoms with E-state index < -0.39 is 0 Å². The van der Waals surface area contributed by atoms with E-state index in [2.05, 4.69) is 17.2 Å². The number of hydrogen-bond acceptors (Lipinski definition) is 2. The van der Waals surface area contributed by atoms with Gasteiger partial charge in [0.1, 0.15) is 5.75 Å². The van der Waals surface area contributed by atoms with Crippen molar-refractivity contribution in [1.82, 2.24) is 5.32 Å². The van der Waals surface area contributed by atoms with Crippen LogP contribution >= 0.6 is 0 Å². The van der Waals surface area contributed by atoms with Crippen LogP contribution in [0.25, 0.3) is 0 Å². The highest BCUT2D eigenvalue weighted by atomic mass is 16.5. The van der Waals surface area contributed by atoms with E-state index in [1.807, 2.05) is 49.4 Å². The molecule has 106 valence electrons. The average molecular weight is 279 g/mol. The second-order valence-electron chi connectivity index (χ2n) is 4.58. The maximum atomic E-state index is 11.9. The van der Waals surface area contributed by atoms with Crippen LogP contribution in [0, 0.1) is 18.8 Å². The highest BCUT2D eigenvalue weighted by Gasteiger charge is 2.02. The van der Waals surface area contributed by atoms with Crippen LogP contribution in [-0.4, -0.2) is 19.6 Å². The third-order valence-corrected chi connectivity index (χ3v) is 2.94. The van der Waals surface area contributed by atoms with Gasteiger partial charge >= 0.3 is 0 Å². The van der Waals surface area contributed by atoms with Crippen molar-refractivity contribution in [2.24, 2.45) is 0 Å². The van der Waals surface area contributed by atoms with Crippen LogP contribution in [0.3, 0.4) is 0 Å². The van der Waals surface area contributed by atoms with Crippen LogP contribution in [0.4, 0.5) is 0 Å². The van der Waals surface area contributed by atoms with Crippen LogP contribution in [-0.2, 0) is 0 Å². The van der Waals surface area contributed by atoms with Gasteiger partial charge < -0.3 is 10.1 Å². The van der Waals surface area contributed by atoms with Gasteiger partial charge in [0, 0.05) is 11.1 Å². The summed E-state index contributed by atoms with van der Waals surface area (Å²) in [6.07, 6.45) is 0. The van der Waals surface area contributed by atoms with Crippen LogP contribution in [0.15, 0.2) is 48.5 Å². The van der Waals surface area contributed by atoms with E-state index in [4.69, 9.17) is 4.74 Å². The molecule has 2 rings (SSSR count). The maximum absolute atomic E-state index is 11.9. The Bertz CT molecular complexity index is 678. The Hall–Kier alpha value is -2.73. The van der Waals surface area contributed by atoms with E-state index in [9.17, 15) is 4.79 Å². The summed E-state index contributed by atoms with van der Waals surface area (Å²) in [6, 6.07) is 15.0. The van der Waals surface area contributed by atoms with Gasteiger partial charge in [-0.1, -0.05) is 29.5 Å². The Morgan fingerprint density at radius 2 is 1.95 bits per heavy atom. The smallest absolute Gasteiger partial charge is 0.252 e. The first-order chi connectivity index (χ1) is 10.2. The van der Waals surface area contributed by atoms with Crippen molar-refractivity contribution in [2.45, 2.75) is 6.92 Å². The monoisotopic (exact) mass is 279 g/mol. The van der Waals surface area contributed by atoms with Gasteiger partial charge in [-0.25, -0.2) is 0 Å². The molecule has 0 heterocycles. The molecular weight excluding hydrogens is 262 g/mol. The molecule has 3 nitrogen and oxygen atoms in total. The molecule has 0 aromatic heterocycles. The molecule has 0 atom stereocenters. The highest BCUT2D eigenvalue weighted by Crippen LogP contribution is 2.10. The van der Waals surface area contributed by atoms with Gasteiger partial charge in [-0.05, 0) is 43.3 Å². The van der Waals surface area contributed by atoms with Crippen LogP contribution in [0.2, 0.25) is 0 Å². The number of ether oxygens (including phenoxy) is 1. The van der Waals surface area contributed by atoms with Crippen LogP contribution in [0.1, 0.15) is 21.5 Å².